The maximum atomic E-state index is 13.8. The number of fused-ring (bicyclic) bond motifs is 1. The molecule has 1 atom stereocenters. The van der Waals surface area contributed by atoms with Crippen LogP contribution in [0.4, 0.5) is 13.2 Å². The standard InChI is InChI=1S/C22H23F3N4O5/c1-4-34-18(30)9-10-33-13-14(2)29-17-11-26-28(12-15-5-7-16(32-3)8-6-15)21(31)19(17)20(27-29)22(23,24)25/h5-11,14H,4,12-13H2,1-3H3/b10-9+/i13D2. The number of alkyl halides is 3. The van der Waals surface area contributed by atoms with E-state index in [1.165, 1.54) is 14.0 Å². The van der Waals surface area contributed by atoms with Gasteiger partial charge in [0.2, 0.25) is 0 Å². The van der Waals surface area contributed by atoms with Crippen LogP contribution in [0.5, 0.6) is 5.75 Å². The Labute approximate surface area is 195 Å². The molecule has 2 heterocycles. The van der Waals surface area contributed by atoms with Crippen LogP contribution in [0.2, 0.25) is 0 Å². The first kappa shape index (κ1) is 22.0. The topological polar surface area (TPSA) is 97.5 Å². The van der Waals surface area contributed by atoms with Crippen molar-refractivity contribution in [1.29, 1.82) is 0 Å². The summed E-state index contributed by atoms with van der Waals surface area (Å²) in [4.78, 5) is 24.4. The molecule has 0 saturated carbocycles. The van der Waals surface area contributed by atoms with Gasteiger partial charge < -0.3 is 14.2 Å². The highest BCUT2D eigenvalue weighted by Crippen LogP contribution is 2.33. The second-order valence-electron chi connectivity index (χ2n) is 6.97. The van der Waals surface area contributed by atoms with E-state index in [-0.39, 0.29) is 18.7 Å². The Morgan fingerprint density at radius 2 is 2.00 bits per heavy atom. The molecule has 0 radical (unpaired) electrons. The van der Waals surface area contributed by atoms with E-state index < -0.39 is 41.4 Å². The first-order valence-electron chi connectivity index (χ1n) is 11.1. The number of rotatable bonds is 9. The summed E-state index contributed by atoms with van der Waals surface area (Å²) in [6.45, 7) is 0.152. The van der Waals surface area contributed by atoms with Gasteiger partial charge in [-0.3, -0.25) is 9.48 Å². The van der Waals surface area contributed by atoms with Crippen LogP contribution in [-0.2, 0) is 27.0 Å². The van der Waals surface area contributed by atoms with E-state index in [4.69, 9.17) is 12.2 Å². The van der Waals surface area contributed by atoms with Crippen LogP contribution in [0.15, 0.2) is 47.6 Å². The predicted molar refractivity (Wildman–Crippen MR) is 115 cm³/mol. The van der Waals surface area contributed by atoms with Gasteiger partial charge in [-0.15, -0.1) is 0 Å². The van der Waals surface area contributed by atoms with Crippen LogP contribution in [-0.4, -0.2) is 45.8 Å². The van der Waals surface area contributed by atoms with Crippen LogP contribution in [0, 0.1) is 0 Å². The van der Waals surface area contributed by atoms with Crippen LogP contribution in [0.3, 0.4) is 0 Å². The number of aromatic nitrogens is 4. The lowest BCUT2D eigenvalue weighted by atomic mass is 10.2. The molecule has 1 aromatic carbocycles. The van der Waals surface area contributed by atoms with E-state index in [1.54, 1.807) is 31.2 Å². The number of carbonyl (C=O) groups excluding carboxylic acids is 1. The van der Waals surface area contributed by atoms with Crippen LogP contribution in [0.25, 0.3) is 10.9 Å². The molecule has 0 N–H and O–H groups in total. The Hall–Kier alpha value is -3.83. The van der Waals surface area contributed by atoms with Gasteiger partial charge in [-0.05, 0) is 31.5 Å². The normalized spacial score (nSPS) is 14.1. The van der Waals surface area contributed by atoms with Crippen molar-refractivity contribution in [2.24, 2.45) is 0 Å². The summed E-state index contributed by atoms with van der Waals surface area (Å²) in [6, 6.07) is 5.10. The molecule has 12 heteroatoms. The van der Waals surface area contributed by atoms with E-state index in [0.717, 1.165) is 23.2 Å². The van der Waals surface area contributed by atoms with E-state index >= 15 is 0 Å². The Balaban J connectivity index is 2.02. The lowest BCUT2D eigenvalue weighted by Crippen LogP contribution is -2.25. The minimum atomic E-state index is -5.00. The van der Waals surface area contributed by atoms with Gasteiger partial charge in [0.25, 0.3) is 5.56 Å². The number of hydrogen-bond donors (Lipinski definition) is 0. The molecule has 2 aromatic heterocycles. The molecule has 0 saturated heterocycles. The Kier molecular flexibility index (Phi) is 6.73. The average Bonchev–Trinajstić information content (AvgIpc) is 3.22. The molecule has 3 rings (SSSR count). The Morgan fingerprint density at radius 1 is 1.29 bits per heavy atom. The fraction of sp³-hybridized carbons (Fsp3) is 0.364. The largest absolute Gasteiger partial charge is 0.499 e. The van der Waals surface area contributed by atoms with Crippen molar-refractivity contribution in [1.82, 2.24) is 19.6 Å². The SMILES string of the molecule is [2H]C([2H])(O/C=C/C(=O)OCC)C(C)n1nc(C(F)(F)F)c2c(=O)n(Cc3ccc(OC)cc3)ncc21. The predicted octanol–water partition coefficient (Wildman–Crippen LogP) is 3.32. The van der Waals surface area contributed by atoms with Crippen molar-refractivity contribution in [2.45, 2.75) is 32.6 Å². The highest BCUT2D eigenvalue weighted by atomic mass is 19.4. The van der Waals surface area contributed by atoms with Crippen molar-refractivity contribution in [3.05, 3.63) is 64.4 Å². The summed E-state index contributed by atoms with van der Waals surface area (Å²) in [5, 5.41) is 6.74. The third-order valence-corrected chi connectivity index (χ3v) is 4.64. The number of esters is 1. The minimum absolute atomic E-state index is 0.0922. The van der Waals surface area contributed by atoms with Gasteiger partial charge in [-0.2, -0.15) is 23.4 Å². The summed E-state index contributed by atoms with van der Waals surface area (Å²) < 4.78 is 74.0. The molecule has 0 aliphatic heterocycles. The molecule has 0 fully saturated rings. The molecule has 9 nitrogen and oxygen atoms in total. The second-order valence-corrected chi connectivity index (χ2v) is 6.97. The smallest absolute Gasteiger partial charge is 0.435 e. The van der Waals surface area contributed by atoms with Gasteiger partial charge in [0.15, 0.2) is 5.69 Å². The third kappa shape index (κ3) is 5.56. The maximum absolute atomic E-state index is 13.8. The van der Waals surface area contributed by atoms with Crippen molar-refractivity contribution in [3.63, 3.8) is 0 Å². The number of ether oxygens (including phenoxy) is 3. The first-order valence-corrected chi connectivity index (χ1v) is 10.1. The second kappa shape index (κ2) is 10.4. The summed E-state index contributed by atoms with van der Waals surface area (Å²) >= 11 is 0. The van der Waals surface area contributed by atoms with E-state index in [0.29, 0.717) is 16.0 Å². The lowest BCUT2D eigenvalue weighted by Gasteiger charge is -2.13. The Morgan fingerprint density at radius 3 is 2.62 bits per heavy atom. The minimum Gasteiger partial charge on any atom is -0.499 e. The highest BCUT2D eigenvalue weighted by molar-refractivity contribution is 5.81. The highest BCUT2D eigenvalue weighted by Gasteiger charge is 2.39. The molecular weight excluding hydrogens is 457 g/mol. The first-order chi connectivity index (χ1) is 16.9. The molecule has 182 valence electrons. The molecule has 0 spiro atoms. The molecule has 0 aliphatic rings. The number of benzene rings is 1. The van der Waals surface area contributed by atoms with E-state index in [2.05, 4.69) is 14.9 Å². The molecule has 1 unspecified atom stereocenters. The van der Waals surface area contributed by atoms with Crippen LogP contribution < -0.4 is 10.3 Å². The van der Waals surface area contributed by atoms with Gasteiger partial charge in [0, 0.05) is 0 Å². The van der Waals surface area contributed by atoms with E-state index in [9.17, 15) is 22.8 Å². The molecule has 34 heavy (non-hydrogen) atoms. The molecule has 0 bridgehead atoms. The van der Waals surface area contributed by atoms with Crippen molar-refractivity contribution in [2.75, 3.05) is 20.3 Å². The number of methoxy groups -OCH3 is 1. The number of nitrogens with zero attached hydrogens (tertiary/aromatic N) is 4. The van der Waals surface area contributed by atoms with Gasteiger partial charge in [-0.25, -0.2) is 9.48 Å². The average molecular weight is 482 g/mol. The van der Waals surface area contributed by atoms with Gasteiger partial charge in [0.05, 0.1) is 53.1 Å². The molecule has 3 aromatic rings. The molecule has 0 aliphatic carbocycles. The van der Waals surface area contributed by atoms with Gasteiger partial charge in [0.1, 0.15) is 17.7 Å². The summed E-state index contributed by atoms with van der Waals surface area (Å²) in [5.41, 5.74) is -2.25. The zero-order valence-corrected chi connectivity index (χ0v) is 18.5. The zero-order chi connectivity index (χ0) is 26.7. The number of hydrogen-bond acceptors (Lipinski definition) is 7. The van der Waals surface area contributed by atoms with Crippen LogP contribution >= 0.6 is 0 Å². The number of halogens is 3. The zero-order valence-electron chi connectivity index (χ0n) is 20.5. The fourth-order valence-corrected chi connectivity index (χ4v) is 3.07. The Bertz CT molecular complexity index is 1320. The monoisotopic (exact) mass is 482 g/mol. The fourth-order valence-electron chi connectivity index (χ4n) is 3.07. The van der Waals surface area contributed by atoms with Crippen molar-refractivity contribution < 1.29 is 34.9 Å². The van der Waals surface area contributed by atoms with Crippen molar-refractivity contribution >= 4 is 16.9 Å². The summed E-state index contributed by atoms with van der Waals surface area (Å²) in [5.74, 6) is -0.218. The van der Waals surface area contributed by atoms with Gasteiger partial charge in [-0.1, -0.05) is 12.1 Å². The van der Waals surface area contributed by atoms with E-state index in [1.807, 2.05) is 0 Å². The van der Waals surface area contributed by atoms with Crippen LogP contribution in [0.1, 0.15) is 33.9 Å². The quantitative estimate of drug-likeness (QED) is 0.262. The van der Waals surface area contributed by atoms with Gasteiger partial charge >= 0.3 is 12.1 Å². The maximum Gasteiger partial charge on any atom is 0.435 e. The summed E-state index contributed by atoms with van der Waals surface area (Å²) in [7, 11) is 1.48. The molecular formula is C22H23F3N4O5. The van der Waals surface area contributed by atoms with Crippen molar-refractivity contribution in [3.8, 4) is 5.75 Å². The lowest BCUT2D eigenvalue weighted by molar-refractivity contribution is -0.140. The summed E-state index contributed by atoms with van der Waals surface area (Å²) in [6.07, 6.45) is -2.41. The number of carbonyl (C=O) groups is 1. The molecule has 0 amide bonds. The third-order valence-electron chi connectivity index (χ3n) is 4.64.